The molecule has 0 radical (unpaired) electrons. The van der Waals surface area contributed by atoms with Gasteiger partial charge in [0.1, 0.15) is 0 Å². The lowest BCUT2D eigenvalue weighted by Gasteiger charge is -2.56. The van der Waals surface area contributed by atoms with Crippen molar-refractivity contribution in [2.24, 2.45) is 11.8 Å². The van der Waals surface area contributed by atoms with Gasteiger partial charge in [-0.2, -0.15) is 0 Å². The van der Waals surface area contributed by atoms with E-state index in [2.05, 4.69) is 33.9 Å². The van der Waals surface area contributed by atoms with Crippen LogP contribution < -0.4 is 5.32 Å². The molecule has 0 unspecified atom stereocenters. The summed E-state index contributed by atoms with van der Waals surface area (Å²) in [6, 6.07) is 0.475. The molecule has 2 amide bonds. The van der Waals surface area contributed by atoms with Gasteiger partial charge in [-0.1, -0.05) is 0 Å². The number of carbonyl (C=O) groups is 3. The van der Waals surface area contributed by atoms with Crippen molar-refractivity contribution in [2.45, 2.75) is 65.1 Å². The largest absolute Gasteiger partial charge is 0.483 e. The smallest absolute Gasteiger partial charge is 0.290 e. The molecule has 30 heavy (non-hydrogen) atoms. The highest BCUT2D eigenvalue weighted by atomic mass is 32.1. The van der Waals surface area contributed by atoms with Gasteiger partial charge in [0.05, 0.1) is 16.7 Å². The molecule has 4 atom stereocenters. The van der Waals surface area contributed by atoms with E-state index >= 15 is 0 Å². The van der Waals surface area contributed by atoms with Gasteiger partial charge < -0.3 is 15.3 Å². The van der Waals surface area contributed by atoms with Crippen molar-refractivity contribution < 1.29 is 19.5 Å². The summed E-state index contributed by atoms with van der Waals surface area (Å²) in [6.07, 6.45) is 3.94. The Labute approximate surface area is 181 Å². The van der Waals surface area contributed by atoms with Crippen molar-refractivity contribution in [3.63, 3.8) is 0 Å². The number of piperidine rings is 3. The zero-order valence-electron chi connectivity index (χ0n) is 18.0. The number of carbonyl (C=O) groups excluding carboxylic acids is 2. The van der Waals surface area contributed by atoms with Gasteiger partial charge in [-0.15, -0.1) is 11.3 Å². The first-order chi connectivity index (χ1) is 14.3. The van der Waals surface area contributed by atoms with Gasteiger partial charge in [0, 0.05) is 50.4 Å². The standard InChI is InChI=1S/C20H30N4O2S.CH2O2/c1-12-19(27-14(3)22-12)11-23-9-15-7-16(10-23)18(8-21-13(2)25)24-17(15)5-4-6-20(24)26;2-1-3/h15-18H,4-11H2,1-3H3,(H,21,25);1H,(H,2,3)/t15-,16+,17+,18+;/m1./s1. The topological polar surface area (TPSA) is 103 Å². The van der Waals surface area contributed by atoms with Crippen LogP contribution in [0.1, 0.15) is 48.2 Å². The highest BCUT2D eigenvalue weighted by Crippen LogP contribution is 2.42. The van der Waals surface area contributed by atoms with E-state index in [0.717, 1.165) is 43.2 Å². The molecule has 9 heteroatoms. The number of hydrogen-bond donors (Lipinski definition) is 2. The van der Waals surface area contributed by atoms with Crippen molar-refractivity contribution in [3.05, 3.63) is 15.6 Å². The van der Waals surface area contributed by atoms with E-state index in [-0.39, 0.29) is 18.4 Å². The lowest BCUT2D eigenvalue weighted by atomic mass is 9.72. The molecule has 0 saturated carbocycles. The highest BCUT2D eigenvalue weighted by molar-refractivity contribution is 7.11. The van der Waals surface area contributed by atoms with Gasteiger partial charge in [-0.3, -0.25) is 19.3 Å². The Morgan fingerprint density at radius 1 is 1.33 bits per heavy atom. The molecule has 3 aliphatic heterocycles. The molecule has 1 aromatic rings. The van der Waals surface area contributed by atoms with Crippen LogP contribution in [0.3, 0.4) is 0 Å². The van der Waals surface area contributed by atoms with Crippen LogP contribution >= 0.6 is 11.3 Å². The number of likely N-dealkylation sites (tertiary alicyclic amines) is 1. The minimum atomic E-state index is -0.250. The van der Waals surface area contributed by atoms with Gasteiger partial charge in [0.25, 0.3) is 6.47 Å². The molecule has 4 heterocycles. The monoisotopic (exact) mass is 436 g/mol. The number of carboxylic acid groups (broad SMARTS) is 1. The summed E-state index contributed by atoms with van der Waals surface area (Å²) < 4.78 is 0. The van der Waals surface area contributed by atoms with E-state index < -0.39 is 0 Å². The third kappa shape index (κ3) is 5.00. The van der Waals surface area contributed by atoms with Crippen molar-refractivity contribution in [2.75, 3.05) is 19.6 Å². The average Bonchev–Trinajstić information content (AvgIpc) is 2.99. The summed E-state index contributed by atoms with van der Waals surface area (Å²) in [6.45, 7) is 9.08. The minimum absolute atomic E-state index is 0.0124. The van der Waals surface area contributed by atoms with Gasteiger partial charge in [0.15, 0.2) is 0 Å². The maximum atomic E-state index is 12.7. The molecule has 166 valence electrons. The van der Waals surface area contributed by atoms with Crippen molar-refractivity contribution in [1.29, 1.82) is 0 Å². The second kappa shape index (κ2) is 9.87. The van der Waals surface area contributed by atoms with Crippen LogP contribution in [-0.2, 0) is 20.9 Å². The minimum Gasteiger partial charge on any atom is -0.483 e. The lowest BCUT2D eigenvalue weighted by Crippen LogP contribution is -2.66. The number of aromatic nitrogens is 1. The lowest BCUT2D eigenvalue weighted by molar-refractivity contribution is -0.153. The van der Waals surface area contributed by atoms with Crippen LogP contribution in [0.5, 0.6) is 0 Å². The SMILES string of the molecule is CC(=O)NC[C@H]1[C@H]2C[C@H](CN(Cc3sc(C)nc3C)C2)[C@@H]2CCCC(=O)N21.O=CO. The van der Waals surface area contributed by atoms with E-state index in [1.54, 1.807) is 18.3 Å². The van der Waals surface area contributed by atoms with Gasteiger partial charge in [0.2, 0.25) is 11.8 Å². The number of thiazole rings is 1. The maximum absolute atomic E-state index is 12.7. The zero-order chi connectivity index (χ0) is 21.8. The summed E-state index contributed by atoms with van der Waals surface area (Å²) in [5.41, 5.74) is 1.15. The molecule has 2 N–H and O–H groups in total. The number of fused-ring (bicyclic) bond motifs is 4. The number of hydrogen-bond acceptors (Lipinski definition) is 6. The van der Waals surface area contributed by atoms with Crippen LogP contribution in [0.25, 0.3) is 0 Å². The Morgan fingerprint density at radius 3 is 2.67 bits per heavy atom. The zero-order valence-corrected chi connectivity index (χ0v) is 18.8. The first-order valence-corrected chi connectivity index (χ1v) is 11.4. The molecule has 3 aliphatic rings. The maximum Gasteiger partial charge on any atom is 0.290 e. The van der Waals surface area contributed by atoms with E-state index in [1.165, 1.54) is 11.3 Å². The van der Waals surface area contributed by atoms with Crippen molar-refractivity contribution in [3.8, 4) is 0 Å². The Morgan fingerprint density at radius 2 is 2.03 bits per heavy atom. The fourth-order valence-corrected chi connectivity index (χ4v) is 6.42. The molecule has 1 aromatic heterocycles. The van der Waals surface area contributed by atoms with Crippen LogP contribution in [0, 0.1) is 25.7 Å². The average molecular weight is 437 g/mol. The van der Waals surface area contributed by atoms with Crippen LogP contribution in [0.4, 0.5) is 0 Å². The van der Waals surface area contributed by atoms with Crippen LogP contribution in [-0.4, -0.2) is 69.9 Å². The summed E-state index contributed by atoms with van der Waals surface area (Å²) in [5.74, 6) is 1.26. The number of nitrogens with zero attached hydrogens (tertiary/aromatic N) is 3. The Kier molecular flexibility index (Phi) is 7.46. The van der Waals surface area contributed by atoms with Crippen molar-refractivity contribution >= 4 is 29.6 Å². The molecular formula is C21H32N4O4S. The van der Waals surface area contributed by atoms with E-state index in [1.807, 2.05) is 0 Å². The third-order valence-electron chi connectivity index (χ3n) is 6.50. The number of rotatable bonds is 4. The number of nitrogens with one attached hydrogen (secondary N) is 1. The Bertz CT molecular complexity index is 783. The van der Waals surface area contributed by atoms with E-state index in [9.17, 15) is 9.59 Å². The third-order valence-corrected chi connectivity index (χ3v) is 7.56. The highest BCUT2D eigenvalue weighted by Gasteiger charge is 2.49. The molecule has 2 bridgehead atoms. The number of amides is 2. The summed E-state index contributed by atoms with van der Waals surface area (Å²) in [7, 11) is 0. The molecule has 3 fully saturated rings. The number of aryl methyl sites for hydroxylation is 2. The molecule has 0 aliphatic carbocycles. The molecule has 0 aromatic carbocycles. The predicted octanol–water partition coefficient (Wildman–Crippen LogP) is 1.80. The second-order valence-electron chi connectivity index (χ2n) is 8.56. The van der Waals surface area contributed by atoms with E-state index in [0.29, 0.717) is 36.8 Å². The van der Waals surface area contributed by atoms with Crippen molar-refractivity contribution in [1.82, 2.24) is 20.1 Å². The molecule has 3 saturated heterocycles. The molecule has 0 spiro atoms. The van der Waals surface area contributed by atoms with Gasteiger partial charge in [-0.25, -0.2) is 4.98 Å². The second-order valence-corrected chi connectivity index (χ2v) is 9.85. The summed E-state index contributed by atoms with van der Waals surface area (Å²) >= 11 is 1.80. The fourth-order valence-electron chi connectivity index (χ4n) is 5.44. The first kappa shape index (κ1) is 22.7. The summed E-state index contributed by atoms with van der Waals surface area (Å²) in [4.78, 5) is 43.3. The fraction of sp³-hybridized carbons (Fsp3) is 0.714. The molecular weight excluding hydrogens is 404 g/mol. The van der Waals surface area contributed by atoms with Gasteiger partial charge >= 0.3 is 0 Å². The van der Waals surface area contributed by atoms with Crippen LogP contribution in [0.2, 0.25) is 0 Å². The molecule has 4 rings (SSSR count). The Balaban J connectivity index is 0.000000806. The van der Waals surface area contributed by atoms with Gasteiger partial charge in [-0.05, 0) is 44.9 Å². The Hall–Kier alpha value is -2.00. The normalized spacial score (nSPS) is 28.2. The van der Waals surface area contributed by atoms with E-state index in [4.69, 9.17) is 9.90 Å². The van der Waals surface area contributed by atoms with Crippen LogP contribution in [0.15, 0.2) is 0 Å². The summed E-state index contributed by atoms with van der Waals surface area (Å²) in [5, 5.41) is 11.0. The predicted molar refractivity (Wildman–Crippen MR) is 114 cm³/mol. The first-order valence-electron chi connectivity index (χ1n) is 10.6. The quantitative estimate of drug-likeness (QED) is 0.698. The molecule has 8 nitrogen and oxygen atoms in total.